The van der Waals surface area contributed by atoms with Crippen molar-refractivity contribution in [3.63, 3.8) is 0 Å². The number of benzene rings is 2. The summed E-state index contributed by atoms with van der Waals surface area (Å²) >= 11 is 6.23. The lowest BCUT2D eigenvalue weighted by molar-refractivity contribution is 0.123. The van der Waals surface area contributed by atoms with E-state index in [0.29, 0.717) is 22.0 Å². The summed E-state index contributed by atoms with van der Waals surface area (Å²) in [5.74, 6) is -0.752. The Hall–Kier alpha value is -3.19. The van der Waals surface area contributed by atoms with Gasteiger partial charge in [0.2, 0.25) is 0 Å². The van der Waals surface area contributed by atoms with Gasteiger partial charge in [-0.05, 0) is 23.8 Å². The summed E-state index contributed by atoms with van der Waals surface area (Å²) in [4.78, 5) is 12.0. The molecule has 1 N–H and O–H groups in total. The molecule has 0 fully saturated rings. The first-order valence-corrected chi connectivity index (χ1v) is 9.05. The zero-order valence-electron chi connectivity index (χ0n) is 14.9. The standard InChI is InChI=1S/C21H14ClF3N4/c22-16-10-28-18-4-2-1-3-14(18)19(16)29-20(21(24)25)15-7-12(5-6-17(15)23)13-8-26-11-27-9-13/h1-11,20-21H,(H,28,29). The molecule has 0 saturated carbocycles. The van der Waals surface area contributed by atoms with Crippen LogP contribution in [0, 0.1) is 5.82 Å². The number of alkyl halides is 2. The number of rotatable bonds is 5. The van der Waals surface area contributed by atoms with E-state index in [0.717, 1.165) is 6.07 Å². The summed E-state index contributed by atoms with van der Waals surface area (Å²) in [6.07, 6.45) is 2.90. The maximum atomic E-state index is 14.6. The van der Waals surface area contributed by atoms with Gasteiger partial charge in [0.1, 0.15) is 18.2 Å². The van der Waals surface area contributed by atoms with Crippen LogP contribution in [0.5, 0.6) is 0 Å². The second-order valence-electron chi connectivity index (χ2n) is 6.32. The third-order valence-electron chi connectivity index (χ3n) is 4.51. The zero-order valence-corrected chi connectivity index (χ0v) is 15.6. The largest absolute Gasteiger partial charge is 0.371 e. The molecule has 8 heteroatoms. The van der Waals surface area contributed by atoms with Gasteiger partial charge in [0.05, 0.1) is 16.2 Å². The smallest absolute Gasteiger partial charge is 0.262 e. The maximum absolute atomic E-state index is 14.6. The first kappa shape index (κ1) is 19.1. The van der Waals surface area contributed by atoms with E-state index in [1.54, 1.807) is 24.3 Å². The minimum atomic E-state index is -2.89. The highest BCUT2D eigenvalue weighted by atomic mass is 35.5. The van der Waals surface area contributed by atoms with Crippen LogP contribution in [0.4, 0.5) is 18.9 Å². The molecule has 4 nitrogen and oxygen atoms in total. The van der Waals surface area contributed by atoms with Crippen molar-refractivity contribution in [1.82, 2.24) is 15.0 Å². The highest BCUT2D eigenvalue weighted by Gasteiger charge is 2.27. The molecule has 1 atom stereocenters. The molecule has 0 spiro atoms. The Morgan fingerprint density at radius 2 is 1.69 bits per heavy atom. The molecular weight excluding hydrogens is 401 g/mol. The molecule has 0 aliphatic carbocycles. The number of anilines is 1. The molecular formula is C21H14ClF3N4. The monoisotopic (exact) mass is 414 g/mol. The molecule has 0 aliphatic heterocycles. The van der Waals surface area contributed by atoms with Gasteiger partial charge in [-0.2, -0.15) is 0 Å². The normalized spacial score (nSPS) is 12.3. The van der Waals surface area contributed by atoms with Gasteiger partial charge in [-0.15, -0.1) is 0 Å². The van der Waals surface area contributed by atoms with E-state index >= 15 is 0 Å². The molecule has 4 aromatic rings. The number of nitrogens with zero attached hydrogens (tertiary/aromatic N) is 3. The van der Waals surface area contributed by atoms with E-state index < -0.39 is 18.3 Å². The van der Waals surface area contributed by atoms with Crippen LogP contribution in [-0.4, -0.2) is 21.4 Å². The lowest BCUT2D eigenvalue weighted by Gasteiger charge is -2.22. The lowest BCUT2D eigenvalue weighted by atomic mass is 10.00. The molecule has 0 radical (unpaired) electrons. The minimum Gasteiger partial charge on any atom is -0.371 e. The van der Waals surface area contributed by atoms with Gasteiger partial charge in [-0.25, -0.2) is 23.1 Å². The predicted molar refractivity (Wildman–Crippen MR) is 107 cm³/mol. The van der Waals surface area contributed by atoms with Crippen molar-refractivity contribution in [2.45, 2.75) is 12.5 Å². The first-order valence-electron chi connectivity index (χ1n) is 8.67. The van der Waals surface area contributed by atoms with Crippen LogP contribution >= 0.6 is 11.6 Å². The van der Waals surface area contributed by atoms with E-state index in [1.165, 1.54) is 37.1 Å². The Labute approximate surface area is 169 Å². The number of nitrogens with one attached hydrogen (secondary N) is 1. The minimum absolute atomic E-state index is 0.169. The average molecular weight is 415 g/mol. The van der Waals surface area contributed by atoms with Crippen LogP contribution in [0.2, 0.25) is 5.02 Å². The van der Waals surface area contributed by atoms with Crippen LogP contribution in [0.15, 0.2) is 67.4 Å². The van der Waals surface area contributed by atoms with Gasteiger partial charge in [-0.3, -0.25) is 4.98 Å². The van der Waals surface area contributed by atoms with Gasteiger partial charge >= 0.3 is 0 Å². The maximum Gasteiger partial charge on any atom is 0.262 e. The third kappa shape index (κ3) is 3.86. The van der Waals surface area contributed by atoms with Gasteiger partial charge < -0.3 is 5.32 Å². The van der Waals surface area contributed by atoms with Crippen LogP contribution in [0.3, 0.4) is 0 Å². The first-order chi connectivity index (χ1) is 14.0. The van der Waals surface area contributed by atoms with Crippen LogP contribution < -0.4 is 5.32 Å². The number of para-hydroxylation sites is 1. The van der Waals surface area contributed by atoms with Crippen LogP contribution in [0.25, 0.3) is 22.0 Å². The van der Waals surface area contributed by atoms with Gasteiger partial charge in [0.15, 0.2) is 0 Å². The average Bonchev–Trinajstić information content (AvgIpc) is 2.74. The highest BCUT2D eigenvalue weighted by molar-refractivity contribution is 6.34. The topological polar surface area (TPSA) is 50.7 Å². The van der Waals surface area contributed by atoms with Crippen molar-refractivity contribution < 1.29 is 13.2 Å². The predicted octanol–water partition coefficient (Wildman–Crippen LogP) is 5.90. The molecule has 0 saturated heterocycles. The lowest BCUT2D eigenvalue weighted by Crippen LogP contribution is -2.21. The summed E-state index contributed by atoms with van der Waals surface area (Å²) in [5.41, 5.74) is 1.80. The van der Waals surface area contributed by atoms with E-state index in [-0.39, 0.29) is 16.3 Å². The van der Waals surface area contributed by atoms with Crippen molar-refractivity contribution >= 4 is 28.2 Å². The molecule has 0 bridgehead atoms. The van der Waals surface area contributed by atoms with Crippen molar-refractivity contribution in [3.8, 4) is 11.1 Å². The van der Waals surface area contributed by atoms with E-state index in [9.17, 15) is 13.2 Å². The zero-order chi connectivity index (χ0) is 20.4. The Kier molecular flexibility index (Phi) is 5.31. The van der Waals surface area contributed by atoms with E-state index in [4.69, 9.17) is 11.6 Å². The molecule has 2 aromatic carbocycles. The van der Waals surface area contributed by atoms with E-state index in [1.807, 2.05) is 0 Å². The van der Waals surface area contributed by atoms with Crippen molar-refractivity contribution in [2.24, 2.45) is 0 Å². The molecule has 29 heavy (non-hydrogen) atoms. The highest BCUT2D eigenvalue weighted by Crippen LogP contribution is 2.36. The second-order valence-corrected chi connectivity index (χ2v) is 6.73. The quantitative estimate of drug-likeness (QED) is 0.441. The molecule has 2 aromatic heterocycles. The van der Waals surface area contributed by atoms with Gasteiger partial charge in [0, 0.05) is 35.1 Å². The Balaban J connectivity index is 1.80. The fraction of sp³-hybridized carbons (Fsp3) is 0.0952. The fourth-order valence-electron chi connectivity index (χ4n) is 3.11. The Morgan fingerprint density at radius 3 is 2.45 bits per heavy atom. The molecule has 4 rings (SSSR count). The molecule has 1 unspecified atom stereocenters. The summed E-state index contributed by atoms with van der Waals surface area (Å²) in [5, 5.41) is 3.47. The van der Waals surface area contributed by atoms with Gasteiger partial charge in [-0.1, -0.05) is 35.9 Å². The number of hydrogen-bond acceptors (Lipinski definition) is 4. The summed E-state index contributed by atoms with van der Waals surface area (Å²) < 4.78 is 42.6. The number of aromatic nitrogens is 3. The van der Waals surface area contributed by atoms with Crippen LogP contribution in [0.1, 0.15) is 11.6 Å². The fourth-order valence-corrected chi connectivity index (χ4v) is 3.31. The van der Waals surface area contributed by atoms with Gasteiger partial charge in [0.25, 0.3) is 6.43 Å². The molecule has 2 heterocycles. The number of fused-ring (bicyclic) bond motifs is 1. The molecule has 0 amide bonds. The number of pyridine rings is 1. The summed E-state index contributed by atoms with van der Waals surface area (Å²) in [7, 11) is 0. The third-order valence-corrected chi connectivity index (χ3v) is 4.79. The second kappa shape index (κ2) is 8.05. The van der Waals surface area contributed by atoms with E-state index in [2.05, 4.69) is 20.3 Å². The molecule has 146 valence electrons. The van der Waals surface area contributed by atoms with Crippen molar-refractivity contribution in [2.75, 3.05) is 5.32 Å². The number of hydrogen-bond donors (Lipinski definition) is 1. The number of halogens is 4. The summed E-state index contributed by atoms with van der Waals surface area (Å²) in [6, 6.07) is 9.38. The van der Waals surface area contributed by atoms with Crippen LogP contribution in [-0.2, 0) is 0 Å². The summed E-state index contributed by atoms with van der Waals surface area (Å²) in [6.45, 7) is 0. The Bertz CT molecular complexity index is 1160. The molecule has 0 aliphatic rings. The Morgan fingerprint density at radius 1 is 0.931 bits per heavy atom. The van der Waals surface area contributed by atoms with Crippen molar-refractivity contribution in [3.05, 3.63) is 83.8 Å². The van der Waals surface area contributed by atoms with Crippen molar-refractivity contribution in [1.29, 1.82) is 0 Å². The SMILES string of the molecule is Fc1ccc(-c2cncnc2)cc1C(Nc1c(Cl)cnc2ccccc12)C(F)F.